The van der Waals surface area contributed by atoms with Crippen LogP contribution in [0.25, 0.3) is 11.4 Å². The fourth-order valence-corrected chi connectivity index (χ4v) is 2.73. The summed E-state index contributed by atoms with van der Waals surface area (Å²) in [6, 6.07) is 3.43. The summed E-state index contributed by atoms with van der Waals surface area (Å²) in [6.45, 7) is -0.0660. The molecule has 1 amide bonds. The predicted octanol–water partition coefficient (Wildman–Crippen LogP) is 1.56. The van der Waals surface area contributed by atoms with E-state index in [9.17, 15) is 9.18 Å². The molecule has 0 atom stereocenters. The van der Waals surface area contributed by atoms with Crippen molar-refractivity contribution in [2.24, 2.45) is 0 Å². The molecule has 0 saturated carbocycles. The maximum atomic E-state index is 12.6. The van der Waals surface area contributed by atoms with E-state index in [1.807, 2.05) is 31.1 Å². The summed E-state index contributed by atoms with van der Waals surface area (Å²) in [6.07, 6.45) is 4.85. The van der Waals surface area contributed by atoms with Gasteiger partial charge in [-0.2, -0.15) is 9.78 Å². The molecule has 0 aliphatic carbocycles. The summed E-state index contributed by atoms with van der Waals surface area (Å²) >= 11 is 0. The third-order valence-corrected chi connectivity index (χ3v) is 4.09. The van der Waals surface area contributed by atoms with Crippen LogP contribution >= 0.6 is 0 Å². The van der Waals surface area contributed by atoms with Gasteiger partial charge in [0, 0.05) is 32.1 Å². The molecule has 0 unspecified atom stereocenters. The van der Waals surface area contributed by atoms with Crippen LogP contribution in [-0.4, -0.2) is 56.3 Å². The highest BCUT2D eigenvalue weighted by atomic mass is 19.1. The van der Waals surface area contributed by atoms with Crippen molar-refractivity contribution in [3.8, 4) is 11.4 Å². The highest BCUT2D eigenvalue weighted by Crippen LogP contribution is 2.25. The van der Waals surface area contributed by atoms with Crippen LogP contribution in [0.3, 0.4) is 0 Å². The lowest BCUT2D eigenvalue weighted by molar-refractivity contribution is 0.248. The molecule has 3 aromatic rings. The average Bonchev–Trinajstić information content (AvgIpc) is 3.32. The third kappa shape index (κ3) is 2.68. The summed E-state index contributed by atoms with van der Waals surface area (Å²) in [5.74, 6) is 1.83. The van der Waals surface area contributed by atoms with Gasteiger partial charge in [-0.3, -0.25) is 9.58 Å². The van der Waals surface area contributed by atoms with E-state index in [0.29, 0.717) is 17.3 Å². The number of anilines is 2. The molecule has 134 valence electrons. The Bertz CT molecular complexity index is 946. The summed E-state index contributed by atoms with van der Waals surface area (Å²) < 4.78 is 15.1. The zero-order chi connectivity index (χ0) is 18.3. The molecule has 4 rings (SSSR count). The second kappa shape index (κ2) is 6.21. The minimum absolute atomic E-state index is 0.158. The van der Waals surface area contributed by atoms with E-state index >= 15 is 0 Å². The van der Waals surface area contributed by atoms with Crippen LogP contribution in [0.2, 0.25) is 0 Å². The molecule has 0 radical (unpaired) electrons. The van der Waals surface area contributed by atoms with Gasteiger partial charge in [-0.25, -0.2) is 19.2 Å². The van der Waals surface area contributed by atoms with Crippen molar-refractivity contribution in [2.45, 2.75) is 13.1 Å². The fourth-order valence-electron chi connectivity index (χ4n) is 2.73. The van der Waals surface area contributed by atoms with Crippen LogP contribution in [0.15, 0.2) is 30.7 Å². The van der Waals surface area contributed by atoms with Crippen molar-refractivity contribution in [1.82, 2.24) is 29.5 Å². The highest BCUT2D eigenvalue weighted by molar-refractivity contribution is 5.95. The third-order valence-electron chi connectivity index (χ3n) is 4.09. The quantitative estimate of drug-likeness (QED) is 0.690. The Balaban J connectivity index is 1.56. The van der Waals surface area contributed by atoms with Crippen molar-refractivity contribution in [1.29, 1.82) is 0 Å². The van der Waals surface area contributed by atoms with Crippen LogP contribution < -0.4 is 9.80 Å². The Morgan fingerprint density at radius 1 is 1.27 bits per heavy atom. The first-order valence-corrected chi connectivity index (χ1v) is 8.07. The zero-order valence-corrected chi connectivity index (χ0v) is 14.4. The molecule has 0 N–H and O–H groups in total. The first-order chi connectivity index (χ1) is 12.6. The molecule has 1 aliphatic heterocycles. The van der Waals surface area contributed by atoms with Crippen LogP contribution in [0.1, 0.15) is 5.82 Å². The summed E-state index contributed by atoms with van der Waals surface area (Å²) in [7, 11) is 3.82. The number of fused-ring (bicyclic) bond motifs is 1. The number of hydrogen-bond acceptors (Lipinski definition) is 6. The zero-order valence-electron chi connectivity index (χ0n) is 14.4. The summed E-state index contributed by atoms with van der Waals surface area (Å²) in [5.41, 5.74) is 1.34. The van der Waals surface area contributed by atoms with Crippen LogP contribution in [0.5, 0.6) is 0 Å². The number of hydrogen-bond donors (Lipinski definition) is 0. The smallest absolute Gasteiger partial charge is 0.351 e. The van der Waals surface area contributed by atoms with Gasteiger partial charge in [-0.15, -0.1) is 5.10 Å². The molecule has 0 aromatic carbocycles. The van der Waals surface area contributed by atoms with Crippen LogP contribution in [0, 0.1) is 0 Å². The van der Waals surface area contributed by atoms with E-state index in [0.717, 1.165) is 11.4 Å². The highest BCUT2D eigenvalue weighted by Gasteiger charge is 2.32. The maximum Gasteiger partial charge on any atom is 0.351 e. The number of amides is 1. The first-order valence-electron chi connectivity index (χ1n) is 8.07. The van der Waals surface area contributed by atoms with Crippen molar-refractivity contribution in [3.05, 3.63) is 36.5 Å². The molecule has 0 saturated heterocycles. The van der Waals surface area contributed by atoms with Gasteiger partial charge in [-0.05, 0) is 12.1 Å². The first kappa shape index (κ1) is 16.2. The second-order valence-corrected chi connectivity index (χ2v) is 6.08. The maximum absolute atomic E-state index is 12.6. The van der Waals surface area contributed by atoms with E-state index in [1.165, 1.54) is 20.5 Å². The molecule has 9 nitrogen and oxygen atoms in total. The van der Waals surface area contributed by atoms with Crippen LogP contribution in [0.4, 0.5) is 20.7 Å². The lowest BCUT2D eigenvalue weighted by atomic mass is 10.2. The van der Waals surface area contributed by atoms with Crippen LogP contribution in [-0.2, 0) is 13.1 Å². The molecular formula is C16H17FN8O. The number of alkyl halides is 1. The molecule has 26 heavy (non-hydrogen) atoms. The lowest BCUT2D eigenvalue weighted by Crippen LogP contribution is -2.26. The number of aryl methyl sites for hydroxylation is 1. The molecule has 1 aliphatic rings. The van der Waals surface area contributed by atoms with Crippen molar-refractivity contribution < 1.29 is 9.18 Å². The van der Waals surface area contributed by atoms with Crippen molar-refractivity contribution in [2.75, 3.05) is 30.6 Å². The number of pyridine rings is 1. The number of rotatable bonds is 5. The van der Waals surface area contributed by atoms with E-state index in [2.05, 4.69) is 20.2 Å². The number of nitrogens with zero attached hydrogens (tertiary/aromatic N) is 8. The molecule has 0 bridgehead atoms. The van der Waals surface area contributed by atoms with E-state index < -0.39 is 6.67 Å². The van der Waals surface area contributed by atoms with Gasteiger partial charge < -0.3 is 4.90 Å². The molecule has 0 spiro atoms. The van der Waals surface area contributed by atoms with E-state index in [1.54, 1.807) is 12.4 Å². The summed E-state index contributed by atoms with van der Waals surface area (Å²) in [5, 5.41) is 8.35. The van der Waals surface area contributed by atoms with Gasteiger partial charge in [0.15, 0.2) is 11.6 Å². The normalized spacial score (nSPS) is 13.3. The van der Waals surface area contributed by atoms with Gasteiger partial charge in [0.2, 0.25) is 0 Å². The van der Waals surface area contributed by atoms with Gasteiger partial charge in [-0.1, -0.05) is 0 Å². The largest absolute Gasteiger partial charge is 0.363 e. The van der Waals surface area contributed by atoms with Gasteiger partial charge in [0.25, 0.3) is 0 Å². The van der Waals surface area contributed by atoms with E-state index in [4.69, 9.17) is 0 Å². The Hall–Kier alpha value is -3.30. The number of carbonyl (C=O) groups excluding carboxylic acids is 1. The molecule has 0 fully saturated rings. The minimum atomic E-state index is -0.512. The molecule has 4 heterocycles. The SMILES string of the molecule is CN(C)c1ccc(-c2nc3n(n2)C(=O)N(c2cnn(CCF)c2)C3)cn1. The Kier molecular flexibility index (Phi) is 3.86. The number of carbonyl (C=O) groups is 1. The fraction of sp³-hybridized carbons (Fsp3) is 0.312. The van der Waals surface area contributed by atoms with Gasteiger partial charge in [0.05, 0.1) is 25.0 Å². The monoisotopic (exact) mass is 356 g/mol. The molecular weight excluding hydrogens is 339 g/mol. The lowest BCUT2D eigenvalue weighted by Gasteiger charge is -2.11. The summed E-state index contributed by atoms with van der Waals surface area (Å²) in [4.78, 5) is 24.8. The Morgan fingerprint density at radius 2 is 2.12 bits per heavy atom. The average molecular weight is 356 g/mol. The second-order valence-electron chi connectivity index (χ2n) is 6.08. The Morgan fingerprint density at radius 3 is 2.77 bits per heavy atom. The van der Waals surface area contributed by atoms with Gasteiger partial charge in [0.1, 0.15) is 12.5 Å². The molecule has 3 aromatic heterocycles. The topological polar surface area (TPSA) is 85.0 Å². The van der Waals surface area contributed by atoms with Gasteiger partial charge >= 0.3 is 6.03 Å². The standard InChI is InChI=1S/C16H17FN8O/c1-22(2)13-4-3-11(7-18-13)15-20-14-10-24(16(26)25(14)21-15)12-8-19-23(9-12)6-5-17/h3-4,7-9H,5-6,10H2,1-2H3. The minimum Gasteiger partial charge on any atom is -0.363 e. The number of halogens is 1. The van der Waals surface area contributed by atoms with E-state index in [-0.39, 0.29) is 19.1 Å². The number of aromatic nitrogens is 6. The van der Waals surface area contributed by atoms with Crippen molar-refractivity contribution in [3.63, 3.8) is 0 Å². The predicted molar refractivity (Wildman–Crippen MR) is 92.8 cm³/mol. The molecule has 10 heteroatoms. The van der Waals surface area contributed by atoms with Crippen molar-refractivity contribution >= 4 is 17.5 Å². The Labute approximate surface area is 148 Å².